The Kier molecular flexibility index (Phi) is 4.90. The highest BCUT2D eigenvalue weighted by Gasteiger charge is 2.16. The van der Waals surface area contributed by atoms with Gasteiger partial charge in [-0.3, -0.25) is 4.79 Å². The third kappa shape index (κ3) is 3.98. The van der Waals surface area contributed by atoms with Crippen LogP contribution in [0.25, 0.3) is 0 Å². The number of hydrogen-bond donors (Lipinski definition) is 0. The van der Waals surface area contributed by atoms with Gasteiger partial charge in [0.2, 0.25) is 0 Å². The van der Waals surface area contributed by atoms with E-state index in [1.165, 1.54) is 23.1 Å². The zero-order valence-corrected chi connectivity index (χ0v) is 11.0. The third-order valence-corrected chi connectivity index (χ3v) is 2.62. The molecule has 0 aliphatic carbocycles. The maximum absolute atomic E-state index is 13.5. The van der Waals surface area contributed by atoms with Crippen molar-refractivity contribution in [2.75, 3.05) is 34.2 Å². The van der Waals surface area contributed by atoms with E-state index in [4.69, 9.17) is 11.6 Å². The first kappa shape index (κ1) is 13.9. The summed E-state index contributed by atoms with van der Waals surface area (Å²) in [5.41, 5.74) is 0.0127. The van der Waals surface area contributed by atoms with Crippen molar-refractivity contribution < 1.29 is 9.18 Å². The number of halogens is 2. The minimum atomic E-state index is -0.545. The minimum Gasteiger partial charge on any atom is -0.340 e. The first-order valence-corrected chi connectivity index (χ1v) is 5.65. The van der Waals surface area contributed by atoms with E-state index in [0.29, 0.717) is 11.6 Å². The van der Waals surface area contributed by atoms with Gasteiger partial charge in [0.05, 0.1) is 5.56 Å². The van der Waals surface area contributed by atoms with E-state index in [1.807, 2.05) is 19.0 Å². The number of hydrogen-bond acceptors (Lipinski definition) is 2. The van der Waals surface area contributed by atoms with Crippen LogP contribution in [0.15, 0.2) is 18.2 Å². The summed E-state index contributed by atoms with van der Waals surface area (Å²) in [5, 5.41) is 0.357. The summed E-state index contributed by atoms with van der Waals surface area (Å²) in [6.07, 6.45) is 0. The zero-order valence-electron chi connectivity index (χ0n) is 10.2. The first-order chi connectivity index (χ1) is 7.91. The van der Waals surface area contributed by atoms with Gasteiger partial charge in [-0.25, -0.2) is 4.39 Å². The second-order valence-corrected chi connectivity index (χ2v) is 4.59. The van der Waals surface area contributed by atoms with E-state index >= 15 is 0 Å². The SMILES string of the molecule is CN(C)CCN(C)C(=O)c1cc(Cl)ccc1F. The molecule has 0 radical (unpaired) electrons. The molecule has 5 heteroatoms. The van der Waals surface area contributed by atoms with Gasteiger partial charge in [-0.2, -0.15) is 0 Å². The third-order valence-electron chi connectivity index (χ3n) is 2.39. The van der Waals surface area contributed by atoms with Crippen LogP contribution in [-0.2, 0) is 0 Å². The predicted octanol–water partition coefficient (Wildman–Crippen LogP) is 2.11. The summed E-state index contributed by atoms with van der Waals surface area (Å²) in [4.78, 5) is 15.4. The van der Waals surface area contributed by atoms with Crippen LogP contribution >= 0.6 is 11.6 Å². The summed E-state index contributed by atoms with van der Waals surface area (Å²) < 4.78 is 13.5. The molecule has 0 N–H and O–H groups in total. The molecule has 0 saturated heterocycles. The molecule has 0 aliphatic rings. The van der Waals surface area contributed by atoms with Crippen molar-refractivity contribution in [1.29, 1.82) is 0 Å². The highest BCUT2D eigenvalue weighted by Crippen LogP contribution is 2.16. The molecule has 0 aromatic heterocycles. The summed E-state index contributed by atoms with van der Waals surface area (Å²) in [6, 6.07) is 3.98. The van der Waals surface area contributed by atoms with E-state index in [0.717, 1.165) is 6.54 Å². The number of rotatable bonds is 4. The fourth-order valence-electron chi connectivity index (χ4n) is 1.32. The van der Waals surface area contributed by atoms with Gasteiger partial charge in [0, 0.05) is 25.2 Å². The smallest absolute Gasteiger partial charge is 0.256 e. The molecule has 1 aromatic carbocycles. The molecule has 0 spiro atoms. The lowest BCUT2D eigenvalue weighted by Crippen LogP contribution is -2.33. The van der Waals surface area contributed by atoms with E-state index in [1.54, 1.807) is 7.05 Å². The summed E-state index contributed by atoms with van der Waals surface area (Å²) in [7, 11) is 5.47. The van der Waals surface area contributed by atoms with Crippen molar-refractivity contribution in [3.63, 3.8) is 0 Å². The Hall–Kier alpha value is -1.13. The van der Waals surface area contributed by atoms with Crippen LogP contribution in [0.4, 0.5) is 4.39 Å². The second kappa shape index (κ2) is 5.98. The van der Waals surface area contributed by atoms with Crippen molar-refractivity contribution in [1.82, 2.24) is 9.80 Å². The van der Waals surface area contributed by atoms with Gasteiger partial charge in [0.1, 0.15) is 5.82 Å². The van der Waals surface area contributed by atoms with Crippen LogP contribution in [-0.4, -0.2) is 49.9 Å². The molecule has 94 valence electrons. The Bertz CT molecular complexity index is 409. The van der Waals surface area contributed by atoms with Crippen LogP contribution < -0.4 is 0 Å². The van der Waals surface area contributed by atoms with Crippen LogP contribution in [0.3, 0.4) is 0 Å². The van der Waals surface area contributed by atoms with E-state index in [-0.39, 0.29) is 11.5 Å². The standard InChI is InChI=1S/C12H16ClFN2O/c1-15(2)6-7-16(3)12(17)10-8-9(13)4-5-11(10)14/h4-5,8H,6-7H2,1-3H3. The van der Waals surface area contributed by atoms with Crippen molar-refractivity contribution in [2.24, 2.45) is 0 Å². The van der Waals surface area contributed by atoms with Gasteiger partial charge in [-0.15, -0.1) is 0 Å². The van der Waals surface area contributed by atoms with Crippen molar-refractivity contribution in [2.45, 2.75) is 0 Å². The number of amides is 1. The van der Waals surface area contributed by atoms with Crippen molar-refractivity contribution >= 4 is 17.5 Å². The summed E-state index contributed by atoms with van der Waals surface area (Å²) in [6.45, 7) is 1.27. The van der Waals surface area contributed by atoms with Crippen LogP contribution in [0.1, 0.15) is 10.4 Å². The Balaban J connectivity index is 2.78. The molecule has 0 saturated carbocycles. The molecule has 3 nitrogen and oxygen atoms in total. The number of carbonyl (C=O) groups excluding carboxylic acids is 1. The largest absolute Gasteiger partial charge is 0.340 e. The molecule has 1 rings (SSSR count). The Morgan fingerprint density at radius 1 is 1.29 bits per heavy atom. The van der Waals surface area contributed by atoms with Crippen molar-refractivity contribution in [3.8, 4) is 0 Å². The quantitative estimate of drug-likeness (QED) is 0.826. The van der Waals surface area contributed by atoms with Crippen LogP contribution in [0, 0.1) is 5.82 Å². The topological polar surface area (TPSA) is 23.6 Å². The number of carbonyl (C=O) groups is 1. The highest BCUT2D eigenvalue weighted by molar-refractivity contribution is 6.30. The molecule has 1 aromatic rings. The minimum absolute atomic E-state index is 0.0127. The van der Waals surface area contributed by atoms with E-state index in [2.05, 4.69) is 0 Å². The molecule has 0 heterocycles. The van der Waals surface area contributed by atoms with Gasteiger partial charge in [0.15, 0.2) is 0 Å². The summed E-state index contributed by atoms with van der Waals surface area (Å²) >= 11 is 5.75. The molecule has 17 heavy (non-hydrogen) atoms. The molecular weight excluding hydrogens is 243 g/mol. The lowest BCUT2D eigenvalue weighted by atomic mass is 10.2. The molecule has 0 unspecified atom stereocenters. The zero-order chi connectivity index (χ0) is 13.0. The van der Waals surface area contributed by atoms with Crippen molar-refractivity contribution in [3.05, 3.63) is 34.6 Å². The fourth-order valence-corrected chi connectivity index (χ4v) is 1.49. The van der Waals surface area contributed by atoms with Gasteiger partial charge >= 0.3 is 0 Å². The van der Waals surface area contributed by atoms with Crippen LogP contribution in [0.5, 0.6) is 0 Å². The predicted molar refractivity (Wildman–Crippen MR) is 66.9 cm³/mol. The molecular formula is C12H16ClFN2O. The molecule has 0 bridgehead atoms. The Morgan fingerprint density at radius 3 is 2.53 bits per heavy atom. The number of likely N-dealkylation sites (N-methyl/N-ethyl adjacent to an activating group) is 2. The van der Waals surface area contributed by atoms with Gasteiger partial charge in [0.25, 0.3) is 5.91 Å². The number of nitrogens with zero attached hydrogens (tertiary/aromatic N) is 2. The first-order valence-electron chi connectivity index (χ1n) is 5.27. The Labute approximate surface area is 106 Å². The van der Waals surface area contributed by atoms with Gasteiger partial charge in [-0.05, 0) is 32.3 Å². The van der Waals surface area contributed by atoms with Crippen LogP contribution in [0.2, 0.25) is 5.02 Å². The average Bonchev–Trinajstić information content (AvgIpc) is 2.28. The molecule has 0 fully saturated rings. The van der Waals surface area contributed by atoms with Gasteiger partial charge < -0.3 is 9.80 Å². The van der Waals surface area contributed by atoms with E-state index in [9.17, 15) is 9.18 Å². The molecule has 0 aliphatic heterocycles. The average molecular weight is 259 g/mol. The molecule has 1 amide bonds. The highest BCUT2D eigenvalue weighted by atomic mass is 35.5. The monoisotopic (exact) mass is 258 g/mol. The lowest BCUT2D eigenvalue weighted by Gasteiger charge is -2.20. The second-order valence-electron chi connectivity index (χ2n) is 4.15. The molecule has 0 atom stereocenters. The maximum atomic E-state index is 13.5. The number of benzene rings is 1. The normalized spacial score (nSPS) is 10.7. The fraction of sp³-hybridized carbons (Fsp3) is 0.417. The van der Waals surface area contributed by atoms with E-state index < -0.39 is 5.82 Å². The summed E-state index contributed by atoms with van der Waals surface area (Å²) in [5.74, 6) is -0.900. The lowest BCUT2D eigenvalue weighted by molar-refractivity contribution is 0.0781. The Morgan fingerprint density at radius 2 is 1.94 bits per heavy atom. The maximum Gasteiger partial charge on any atom is 0.256 e. The van der Waals surface area contributed by atoms with Gasteiger partial charge in [-0.1, -0.05) is 11.6 Å².